The fraction of sp³-hybridized carbons (Fsp3) is 0.500. The first-order valence-corrected chi connectivity index (χ1v) is 7.45. The zero-order valence-electron chi connectivity index (χ0n) is 12.7. The predicted molar refractivity (Wildman–Crippen MR) is 83.7 cm³/mol. The number of carbonyl (C=O) groups excluding carboxylic acids is 2. The lowest BCUT2D eigenvalue weighted by Crippen LogP contribution is -2.42. The molecular weight excluding hydrogens is 266 g/mol. The van der Waals surface area contributed by atoms with Crippen LogP contribution in [-0.2, 0) is 0 Å². The van der Waals surface area contributed by atoms with Gasteiger partial charge >= 0.3 is 6.03 Å². The Balaban J connectivity index is 1.79. The summed E-state index contributed by atoms with van der Waals surface area (Å²) in [6, 6.07) is 6.80. The minimum atomic E-state index is -0.211. The van der Waals surface area contributed by atoms with Crippen molar-refractivity contribution < 1.29 is 9.59 Å². The number of nitrogens with one attached hydrogen (secondary N) is 2. The van der Waals surface area contributed by atoms with Crippen LogP contribution >= 0.6 is 0 Å². The van der Waals surface area contributed by atoms with Gasteiger partial charge in [0.2, 0.25) is 0 Å². The third-order valence-corrected chi connectivity index (χ3v) is 3.66. The molecule has 114 valence electrons. The van der Waals surface area contributed by atoms with Gasteiger partial charge in [-0.1, -0.05) is 0 Å². The first-order chi connectivity index (χ1) is 10.0. The summed E-state index contributed by atoms with van der Waals surface area (Å²) in [5.74, 6) is 0.0187. The van der Waals surface area contributed by atoms with E-state index in [0.717, 1.165) is 19.6 Å². The molecule has 1 atom stereocenters. The van der Waals surface area contributed by atoms with Crippen molar-refractivity contribution in [2.24, 2.45) is 0 Å². The lowest BCUT2D eigenvalue weighted by Gasteiger charge is -2.21. The van der Waals surface area contributed by atoms with Gasteiger partial charge in [-0.15, -0.1) is 0 Å². The van der Waals surface area contributed by atoms with E-state index >= 15 is 0 Å². The molecule has 1 aromatic carbocycles. The van der Waals surface area contributed by atoms with Crippen molar-refractivity contribution in [1.82, 2.24) is 10.2 Å². The van der Waals surface area contributed by atoms with Crippen LogP contribution in [-0.4, -0.2) is 42.4 Å². The largest absolute Gasteiger partial charge is 0.334 e. The normalized spacial score (nSPS) is 16.5. The van der Waals surface area contributed by atoms with Gasteiger partial charge in [-0.2, -0.15) is 0 Å². The first-order valence-electron chi connectivity index (χ1n) is 7.45. The Morgan fingerprint density at radius 1 is 1.19 bits per heavy atom. The highest BCUT2D eigenvalue weighted by Crippen LogP contribution is 2.10. The number of amides is 2. The van der Waals surface area contributed by atoms with Crippen LogP contribution in [0.25, 0.3) is 0 Å². The van der Waals surface area contributed by atoms with Gasteiger partial charge in [0.1, 0.15) is 0 Å². The van der Waals surface area contributed by atoms with Gasteiger partial charge in [0.15, 0.2) is 5.78 Å². The van der Waals surface area contributed by atoms with Crippen LogP contribution in [0.1, 0.15) is 37.0 Å². The second-order valence-electron chi connectivity index (χ2n) is 5.64. The van der Waals surface area contributed by atoms with Gasteiger partial charge in [-0.25, -0.2) is 4.79 Å². The van der Waals surface area contributed by atoms with E-state index in [1.165, 1.54) is 19.8 Å². The van der Waals surface area contributed by atoms with Gasteiger partial charge in [0.25, 0.3) is 0 Å². The Morgan fingerprint density at radius 2 is 1.81 bits per heavy atom. The molecule has 0 bridgehead atoms. The van der Waals surface area contributed by atoms with Crippen molar-refractivity contribution in [2.75, 3.05) is 25.0 Å². The number of anilines is 1. The Morgan fingerprint density at radius 3 is 2.38 bits per heavy atom. The molecular formula is C16H23N3O2. The maximum Gasteiger partial charge on any atom is 0.319 e. The summed E-state index contributed by atoms with van der Waals surface area (Å²) < 4.78 is 0. The molecule has 5 nitrogen and oxygen atoms in total. The summed E-state index contributed by atoms with van der Waals surface area (Å²) in [4.78, 5) is 25.5. The number of hydrogen-bond acceptors (Lipinski definition) is 3. The topological polar surface area (TPSA) is 61.4 Å². The average Bonchev–Trinajstić information content (AvgIpc) is 2.91. The monoisotopic (exact) mass is 289 g/mol. The van der Waals surface area contributed by atoms with E-state index in [4.69, 9.17) is 0 Å². The van der Waals surface area contributed by atoms with Crippen LogP contribution in [0.15, 0.2) is 24.3 Å². The molecule has 2 N–H and O–H groups in total. The highest BCUT2D eigenvalue weighted by Gasteiger charge is 2.15. The quantitative estimate of drug-likeness (QED) is 0.819. The molecule has 21 heavy (non-hydrogen) atoms. The zero-order valence-corrected chi connectivity index (χ0v) is 12.7. The summed E-state index contributed by atoms with van der Waals surface area (Å²) in [5, 5.41) is 5.72. The van der Waals surface area contributed by atoms with Crippen LogP contribution in [0.3, 0.4) is 0 Å². The second kappa shape index (κ2) is 7.22. The van der Waals surface area contributed by atoms with Crippen molar-refractivity contribution in [3.05, 3.63) is 29.8 Å². The van der Waals surface area contributed by atoms with E-state index in [9.17, 15) is 9.59 Å². The van der Waals surface area contributed by atoms with Gasteiger partial charge < -0.3 is 15.5 Å². The van der Waals surface area contributed by atoms with E-state index in [1.807, 2.05) is 6.92 Å². The van der Waals surface area contributed by atoms with E-state index in [-0.39, 0.29) is 17.9 Å². The maximum atomic E-state index is 11.9. The molecule has 1 saturated heterocycles. The van der Waals surface area contributed by atoms with Gasteiger partial charge in [-0.05, 0) is 64.0 Å². The molecule has 1 aromatic rings. The average molecular weight is 289 g/mol. The van der Waals surface area contributed by atoms with Crippen LogP contribution < -0.4 is 10.6 Å². The Kier molecular flexibility index (Phi) is 5.33. The Labute approximate surface area is 125 Å². The second-order valence-corrected chi connectivity index (χ2v) is 5.64. The molecule has 0 saturated carbocycles. The molecule has 1 aliphatic rings. The molecule has 0 aliphatic carbocycles. The van der Waals surface area contributed by atoms with E-state index in [0.29, 0.717) is 11.3 Å². The standard InChI is InChI=1S/C16H23N3O2/c1-12(11-19-9-3-4-10-19)17-16(21)18-15-7-5-14(6-8-15)13(2)20/h5-8,12H,3-4,9-11H2,1-2H3,(H2,17,18,21). The van der Waals surface area contributed by atoms with Crippen molar-refractivity contribution in [3.8, 4) is 0 Å². The van der Waals surface area contributed by atoms with Gasteiger partial charge in [-0.3, -0.25) is 4.79 Å². The van der Waals surface area contributed by atoms with Crippen molar-refractivity contribution in [3.63, 3.8) is 0 Å². The minimum absolute atomic E-state index is 0.0187. The lowest BCUT2D eigenvalue weighted by molar-refractivity contribution is 0.101. The number of likely N-dealkylation sites (tertiary alicyclic amines) is 1. The number of urea groups is 1. The molecule has 0 aromatic heterocycles. The molecule has 5 heteroatoms. The number of hydrogen-bond donors (Lipinski definition) is 2. The third-order valence-electron chi connectivity index (χ3n) is 3.66. The van der Waals surface area contributed by atoms with Crippen molar-refractivity contribution in [1.29, 1.82) is 0 Å². The highest BCUT2D eigenvalue weighted by atomic mass is 16.2. The van der Waals surface area contributed by atoms with Crippen LogP contribution in [0.5, 0.6) is 0 Å². The fourth-order valence-electron chi connectivity index (χ4n) is 2.58. The Bertz CT molecular complexity index is 493. The molecule has 1 aliphatic heterocycles. The summed E-state index contributed by atoms with van der Waals surface area (Å²) in [6.07, 6.45) is 2.50. The SMILES string of the molecule is CC(=O)c1ccc(NC(=O)NC(C)CN2CCCC2)cc1. The predicted octanol–water partition coefficient (Wildman–Crippen LogP) is 2.50. The summed E-state index contributed by atoms with van der Waals surface area (Å²) in [7, 11) is 0. The van der Waals surface area contributed by atoms with Crippen LogP contribution in [0.2, 0.25) is 0 Å². The molecule has 1 unspecified atom stereocenters. The van der Waals surface area contributed by atoms with E-state index < -0.39 is 0 Å². The smallest absolute Gasteiger partial charge is 0.319 e. The first kappa shape index (κ1) is 15.5. The number of carbonyl (C=O) groups is 2. The molecule has 1 heterocycles. The highest BCUT2D eigenvalue weighted by molar-refractivity contribution is 5.95. The molecule has 0 spiro atoms. The lowest BCUT2D eigenvalue weighted by atomic mass is 10.1. The van der Waals surface area contributed by atoms with Crippen LogP contribution in [0.4, 0.5) is 10.5 Å². The fourth-order valence-corrected chi connectivity index (χ4v) is 2.58. The molecule has 1 fully saturated rings. The number of ketones is 1. The number of Topliss-reactive ketones (excluding diaryl/α,β-unsaturated/α-hetero) is 1. The molecule has 2 rings (SSSR count). The van der Waals surface area contributed by atoms with Crippen LogP contribution in [0, 0.1) is 0 Å². The number of benzene rings is 1. The number of rotatable bonds is 5. The van der Waals surface area contributed by atoms with E-state index in [1.54, 1.807) is 24.3 Å². The molecule has 0 radical (unpaired) electrons. The van der Waals surface area contributed by atoms with Crippen molar-refractivity contribution in [2.45, 2.75) is 32.7 Å². The maximum absolute atomic E-state index is 11.9. The Hall–Kier alpha value is -1.88. The summed E-state index contributed by atoms with van der Waals surface area (Å²) in [5.41, 5.74) is 1.33. The summed E-state index contributed by atoms with van der Waals surface area (Å²) >= 11 is 0. The van der Waals surface area contributed by atoms with Gasteiger partial charge in [0, 0.05) is 23.8 Å². The van der Waals surface area contributed by atoms with Crippen molar-refractivity contribution >= 4 is 17.5 Å². The molecule has 2 amide bonds. The van der Waals surface area contributed by atoms with Gasteiger partial charge in [0.05, 0.1) is 0 Å². The number of nitrogens with zero attached hydrogens (tertiary/aromatic N) is 1. The van der Waals surface area contributed by atoms with E-state index in [2.05, 4.69) is 15.5 Å². The third kappa shape index (κ3) is 4.86. The minimum Gasteiger partial charge on any atom is -0.334 e. The zero-order chi connectivity index (χ0) is 15.2. The summed E-state index contributed by atoms with van der Waals surface area (Å²) in [6.45, 7) is 6.67.